The maximum absolute atomic E-state index is 11.1. The molecule has 0 aromatic rings. The van der Waals surface area contributed by atoms with E-state index in [2.05, 4.69) is 0 Å². The van der Waals surface area contributed by atoms with Gasteiger partial charge in [0, 0.05) is 31.1 Å². The molecule has 0 aromatic carbocycles. The average Bonchev–Trinajstić information content (AvgIpc) is 2.38. The highest BCUT2D eigenvalue weighted by Gasteiger charge is 2.28. The highest BCUT2D eigenvalue weighted by Crippen LogP contribution is 2.46. The molecule has 3 atom stereocenters. The van der Waals surface area contributed by atoms with Gasteiger partial charge in [-0.3, -0.25) is 14.4 Å². The van der Waals surface area contributed by atoms with Crippen molar-refractivity contribution in [2.45, 2.75) is 25.7 Å². The van der Waals surface area contributed by atoms with E-state index in [1.807, 2.05) is 0 Å². The maximum atomic E-state index is 11.1. The topological polar surface area (TPSA) is 149 Å². The number of carbonyl (C=O) groups excluding carboxylic acids is 1. The molecule has 0 radical (unpaired) electrons. The highest BCUT2D eigenvalue weighted by atomic mass is 32.4. The summed E-state index contributed by atoms with van der Waals surface area (Å²) in [6, 6.07) is 0. The molecule has 0 saturated heterocycles. The van der Waals surface area contributed by atoms with Crippen LogP contribution in [0.1, 0.15) is 25.7 Å². The fraction of sp³-hybridized carbons (Fsp3) is 0.667. The van der Waals surface area contributed by atoms with Crippen molar-refractivity contribution in [3.8, 4) is 0 Å². The van der Waals surface area contributed by atoms with Gasteiger partial charge in [0.25, 0.3) is 0 Å². The third kappa shape index (κ3) is 9.59. The standard InChI is InChI=1S/C12H19O8PS/c13-5-8(1-3-10(14)15)6-21(20,22)7-9(12(18)19)2-4-11(16)17/h5,8-9H,1-4,6-7H2,(H,14,15)(H,16,17)(H,18,19)(H,20,22). The lowest BCUT2D eigenvalue weighted by molar-refractivity contribution is -0.142. The smallest absolute Gasteiger partial charge is 0.306 e. The molecular weight excluding hydrogens is 335 g/mol. The highest BCUT2D eigenvalue weighted by molar-refractivity contribution is 8.11. The Hall–Kier alpha value is -1.31. The normalized spacial score (nSPS) is 16.2. The van der Waals surface area contributed by atoms with E-state index in [0.29, 0.717) is 6.29 Å². The SMILES string of the molecule is O=CC(CCC(=O)O)CP(O)(=S)CC(CCC(=O)O)C(=O)O. The monoisotopic (exact) mass is 354 g/mol. The first kappa shape index (κ1) is 20.7. The van der Waals surface area contributed by atoms with E-state index in [1.54, 1.807) is 0 Å². The second-order valence-corrected chi connectivity index (χ2v) is 9.47. The van der Waals surface area contributed by atoms with Crippen molar-refractivity contribution < 1.29 is 39.4 Å². The lowest BCUT2D eigenvalue weighted by atomic mass is 10.1. The van der Waals surface area contributed by atoms with Crippen LogP contribution in [0.4, 0.5) is 0 Å². The maximum Gasteiger partial charge on any atom is 0.306 e. The van der Waals surface area contributed by atoms with Gasteiger partial charge in [0.05, 0.1) is 12.2 Å². The Kier molecular flexibility index (Phi) is 9.08. The van der Waals surface area contributed by atoms with Crippen molar-refractivity contribution >= 4 is 42.3 Å². The van der Waals surface area contributed by atoms with Gasteiger partial charge in [-0.05, 0) is 12.8 Å². The fourth-order valence-electron chi connectivity index (χ4n) is 1.89. The summed E-state index contributed by atoms with van der Waals surface area (Å²) in [6.07, 6.45) is -3.82. The summed E-state index contributed by atoms with van der Waals surface area (Å²) in [7, 11) is 0. The molecule has 0 fully saturated rings. The summed E-state index contributed by atoms with van der Waals surface area (Å²) in [5.74, 6) is -5.33. The molecule has 0 spiro atoms. The summed E-state index contributed by atoms with van der Waals surface area (Å²) in [5, 5.41) is 26.2. The quantitative estimate of drug-likeness (QED) is 0.292. The lowest BCUT2D eigenvalue weighted by Crippen LogP contribution is -2.21. The number of carbonyl (C=O) groups is 4. The van der Waals surface area contributed by atoms with E-state index in [-0.39, 0.29) is 38.0 Å². The first-order chi connectivity index (χ1) is 10.1. The van der Waals surface area contributed by atoms with Crippen molar-refractivity contribution in [1.82, 2.24) is 0 Å². The first-order valence-corrected chi connectivity index (χ1v) is 9.62. The second kappa shape index (κ2) is 9.66. The second-order valence-electron chi connectivity index (χ2n) is 5.01. The number of aldehydes is 1. The van der Waals surface area contributed by atoms with Crippen LogP contribution in [0, 0.1) is 11.8 Å². The molecule has 4 N–H and O–H groups in total. The van der Waals surface area contributed by atoms with Crippen LogP contribution in [-0.2, 0) is 31.0 Å². The van der Waals surface area contributed by atoms with Crippen molar-refractivity contribution in [1.29, 1.82) is 0 Å². The number of carboxylic acid groups (broad SMARTS) is 3. The van der Waals surface area contributed by atoms with E-state index < -0.39 is 36.0 Å². The van der Waals surface area contributed by atoms with Crippen molar-refractivity contribution in [3.63, 3.8) is 0 Å². The predicted octanol–water partition coefficient (Wildman–Crippen LogP) is 0.619. The molecule has 3 unspecified atom stereocenters. The summed E-state index contributed by atoms with van der Waals surface area (Å²) in [6.45, 7) is 0. The minimum absolute atomic E-state index is 0.0185. The molecule has 0 saturated carbocycles. The van der Waals surface area contributed by atoms with E-state index in [0.717, 1.165) is 0 Å². The first-order valence-electron chi connectivity index (χ1n) is 6.50. The minimum Gasteiger partial charge on any atom is -0.481 e. The number of hydrogen-bond donors (Lipinski definition) is 4. The van der Waals surface area contributed by atoms with Crippen LogP contribution >= 0.6 is 6.26 Å². The zero-order valence-electron chi connectivity index (χ0n) is 11.8. The van der Waals surface area contributed by atoms with Crippen LogP contribution < -0.4 is 0 Å². The number of hydrogen-bond acceptors (Lipinski definition) is 5. The van der Waals surface area contributed by atoms with Gasteiger partial charge >= 0.3 is 17.9 Å². The zero-order chi connectivity index (χ0) is 17.3. The van der Waals surface area contributed by atoms with E-state index in [9.17, 15) is 24.1 Å². The largest absolute Gasteiger partial charge is 0.481 e. The van der Waals surface area contributed by atoms with Gasteiger partial charge in [-0.25, -0.2) is 0 Å². The number of aliphatic carboxylic acids is 3. The van der Waals surface area contributed by atoms with Gasteiger partial charge in [0.15, 0.2) is 0 Å². The van der Waals surface area contributed by atoms with Gasteiger partial charge in [-0.1, -0.05) is 11.8 Å². The van der Waals surface area contributed by atoms with E-state index in [1.165, 1.54) is 0 Å². The van der Waals surface area contributed by atoms with Crippen LogP contribution in [0.5, 0.6) is 0 Å². The van der Waals surface area contributed by atoms with Crippen molar-refractivity contribution in [3.05, 3.63) is 0 Å². The third-order valence-corrected chi connectivity index (χ3v) is 5.95. The zero-order valence-corrected chi connectivity index (χ0v) is 13.5. The lowest BCUT2D eigenvalue weighted by Gasteiger charge is -2.22. The van der Waals surface area contributed by atoms with E-state index in [4.69, 9.17) is 27.1 Å². The van der Waals surface area contributed by atoms with Crippen LogP contribution in [0.25, 0.3) is 0 Å². The summed E-state index contributed by atoms with van der Waals surface area (Å²) < 4.78 is 0. The van der Waals surface area contributed by atoms with Crippen LogP contribution in [0.2, 0.25) is 0 Å². The molecule has 0 aliphatic heterocycles. The van der Waals surface area contributed by atoms with Gasteiger partial charge in [-0.15, -0.1) is 0 Å². The molecule has 126 valence electrons. The molecule has 10 heteroatoms. The van der Waals surface area contributed by atoms with Crippen LogP contribution in [0.15, 0.2) is 0 Å². The number of carboxylic acids is 3. The average molecular weight is 354 g/mol. The summed E-state index contributed by atoms with van der Waals surface area (Å²) in [5.41, 5.74) is 0. The Morgan fingerprint density at radius 3 is 1.91 bits per heavy atom. The van der Waals surface area contributed by atoms with Gasteiger partial charge in [0.2, 0.25) is 0 Å². The Morgan fingerprint density at radius 2 is 1.50 bits per heavy atom. The van der Waals surface area contributed by atoms with Crippen LogP contribution in [0.3, 0.4) is 0 Å². The van der Waals surface area contributed by atoms with Gasteiger partial charge < -0.3 is 25.0 Å². The van der Waals surface area contributed by atoms with Gasteiger partial charge in [-0.2, -0.15) is 0 Å². The molecule has 0 rings (SSSR count). The minimum atomic E-state index is -3.16. The third-order valence-electron chi connectivity index (χ3n) is 3.00. The molecule has 22 heavy (non-hydrogen) atoms. The molecule has 0 bridgehead atoms. The Bertz CT molecular complexity index is 478. The molecule has 8 nitrogen and oxygen atoms in total. The predicted molar refractivity (Wildman–Crippen MR) is 80.7 cm³/mol. The molecule has 0 heterocycles. The molecule has 0 aliphatic rings. The molecular formula is C12H19O8PS. The Labute approximate surface area is 132 Å². The van der Waals surface area contributed by atoms with E-state index >= 15 is 0 Å². The Balaban J connectivity index is 4.70. The molecule has 0 aromatic heterocycles. The van der Waals surface area contributed by atoms with Gasteiger partial charge in [0.1, 0.15) is 6.29 Å². The summed E-state index contributed by atoms with van der Waals surface area (Å²) >= 11 is 4.99. The Morgan fingerprint density at radius 1 is 1.00 bits per heavy atom. The van der Waals surface area contributed by atoms with Crippen LogP contribution in [-0.4, -0.2) is 56.7 Å². The summed E-state index contributed by atoms with van der Waals surface area (Å²) in [4.78, 5) is 53.1. The van der Waals surface area contributed by atoms with Crippen molar-refractivity contribution in [2.24, 2.45) is 11.8 Å². The number of rotatable bonds is 12. The molecule has 0 aliphatic carbocycles. The molecule has 0 amide bonds. The van der Waals surface area contributed by atoms with Crippen molar-refractivity contribution in [2.75, 3.05) is 12.3 Å². The fourth-order valence-corrected chi connectivity index (χ4v) is 5.18.